The fourth-order valence-electron chi connectivity index (χ4n) is 2.28. The van der Waals surface area contributed by atoms with E-state index in [2.05, 4.69) is 48.9 Å². The highest BCUT2D eigenvalue weighted by Crippen LogP contribution is 2.29. The summed E-state index contributed by atoms with van der Waals surface area (Å²) in [6.45, 7) is 10.9. The normalized spacial score (nSPS) is 15.7. The molecule has 5 heteroatoms. The summed E-state index contributed by atoms with van der Waals surface area (Å²) in [6.07, 6.45) is 3.73. The smallest absolute Gasteiger partial charge is 0.191 e. The van der Waals surface area contributed by atoms with E-state index < -0.39 is 0 Å². The molecule has 4 nitrogen and oxygen atoms in total. The van der Waals surface area contributed by atoms with Crippen LogP contribution in [0.25, 0.3) is 0 Å². The third-order valence-electron chi connectivity index (χ3n) is 3.97. The highest BCUT2D eigenvalue weighted by molar-refractivity contribution is 7.10. The number of ether oxygens (including phenoxy) is 1. The van der Waals surface area contributed by atoms with Crippen molar-refractivity contribution in [2.45, 2.75) is 45.4 Å². The number of thiophene rings is 1. The van der Waals surface area contributed by atoms with Crippen LogP contribution in [0.3, 0.4) is 0 Å². The topological polar surface area (TPSA) is 45.7 Å². The van der Waals surface area contributed by atoms with E-state index in [0.717, 1.165) is 51.1 Å². The van der Waals surface area contributed by atoms with E-state index in [9.17, 15) is 0 Å². The summed E-state index contributed by atoms with van der Waals surface area (Å²) in [6, 6.07) is 4.30. The maximum Gasteiger partial charge on any atom is 0.191 e. The van der Waals surface area contributed by atoms with E-state index in [-0.39, 0.29) is 5.41 Å². The van der Waals surface area contributed by atoms with Crippen molar-refractivity contribution in [3.8, 4) is 0 Å². The van der Waals surface area contributed by atoms with Gasteiger partial charge in [0.15, 0.2) is 5.96 Å². The first kappa shape index (κ1) is 18.3. The van der Waals surface area contributed by atoms with Gasteiger partial charge in [0.2, 0.25) is 0 Å². The zero-order chi connectivity index (χ0) is 16.5. The molecule has 0 spiro atoms. The second kappa shape index (κ2) is 9.28. The molecule has 0 aliphatic heterocycles. The minimum atomic E-state index is 0.0733. The van der Waals surface area contributed by atoms with Gasteiger partial charge >= 0.3 is 0 Å². The van der Waals surface area contributed by atoms with Crippen LogP contribution >= 0.6 is 11.3 Å². The summed E-state index contributed by atoms with van der Waals surface area (Å²) in [4.78, 5) is 6.14. The minimum absolute atomic E-state index is 0.0733. The molecule has 130 valence electrons. The van der Waals surface area contributed by atoms with Crippen LogP contribution in [-0.4, -0.2) is 38.8 Å². The molecule has 2 N–H and O–H groups in total. The number of hydrogen-bond acceptors (Lipinski definition) is 3. The van der Waals surface area contributed by atoms with Crippen molar-refractivity contribution < 1.29 is 4.74 Å². The third kappa shape index (κ3) is 6.92. The molecule has 0 bridgehead atoms. The maximum absolute atomic E-state index is 5.66. The van der Waals surface area contributed by atoms with E-state index in [1.807, 2.05) is 0 Å². The van der Waals surface area contributed by atoms with Crippen LogP contribution in [0.2, 0.25) is 0 Å². The fourth-order valence-corrected chi connectivity index (χ4v) is 3.12. The van der Waals surface area contributed by atoms with Gasteiger partial charge in [0.25, 0.3) is 0 Å². The molecule has 0 saturated heterocycles. The van der Waals surface area contributed by atoms with Gasteiger partial charge in [-0.3, -0.25) is 4.99 Å². The second-order valence-electron chi connectivity index (χ2n) is 6.85. The molecule has 1 fully saturated rings. The van der Waals surface area contributed by atoms with Gasteiger partial charge in [-0.2, -0.15) is 0 Å². The van der Waals surface area contributed by atoms with Crippen molar-refractivity contribution in [3.63, 3.8) is 0 Å². The third-order valence-corrected chi connectivity index (χ3v) is 5.21. The highest BCUT2D eigenvalue weighted by Gasteiger charge is 2.22. The lowest BCUT2D eigenvalue weighted by Crippen LogP contribution is -2.39. The molecule has 0 unspecified atom stereocenters. The Kier molecular flexibility index (Phi) is 7.37. The Morgan fingerprint density at radius 1 is 1.39 bits per heavy atom. The molecule has 0 amide bonds. The zero-order valence-corrected chi connectivity index (χ0v) is 15.5. The van der Waals surface area contributed by atoms with Crippen molar-refractivity contribution in [2.75, 3.05) is 32.8 Å². The van der Waals surface area contributed by atoms with Crippen molar-refractivity contribution in [1.82, 2.24) is 10.6 Å². The number of rotatable bonds is 10. The first-order valence-electron chi connectivity index (χ1n) is 8.75. The van der Waals surface area contributed by atoms with E-state index in [1.165, 1.54) is 17.7 Å². The number of guanidine groups is 1. The summed E-state index contributed by atoms with van der Waals surface area (Å²) in [5, 5.41) is 8.86. The van der Waals surface area contributed by atoms with Crippen molar-refractivity contribution in [3.05, 3.63) is 22.4 Å². The van der Waals surface area contributed by atoms with Gasteiger partial charge in [-0.05, 0) is 43.6 Å². The monoisotopic (exact) mass is 337 g/mol. The Bertz CT molecular complexity index is 467. The summed E-state index contributed by atoms with van der Waals surface area (Å²) < 4.78 is 5.66. The Balaban J connectivity index is 1.70. The summed E-state index contributed by atoms with van der Waals surface area (Å²) in [5.74, 6) is 1.75. The Morgan fingerprint density at radius 2 is 2.22 bits per heavy atom. The van der Waals surface area contributed by atoms with Gasteiger partial charge in [0, 0.05) is 36.6 Å². The van der Waals surface area contributed by atoms with E-state index in [0.29, 0.717) is 0 Å². The molecule has 1 saturated carbocycles. The average Bonchev–Trinajstić information content (AvgIpc) is 3.17. The lowest BCUT2D eigenvalue weighted by Gasteiger charge is -2.21. The molecule has 1 heterocycles. The molecule has 1 aromatic heterocycles. The molecule has 0 radical (unpaired) electrons. The second-order valence-corrected chi connectivity index (χ2v) is 7.80. The van der Waals surface area contributed by atoms with Gasteiger partial charge in [-0.25, -0.2) is 0 Å². The SMILES string of the molecule is CCNC(=NCC(C)(C)c1cccs1)NCCCOCC1CC1. The number of nitrogens with zero attached hydrogens (tertiary/aromatic N) is 1. The van der Waals surface area contributed by atoms with Gasteiger partial charge < -0.3 is 15.4 Å². The lowest BCUT2D eigenvalue weighted by molar-refractivity contribution is 0.123. The van der Waals surface area contributed by atoms with Crippen LogP contribution in [0.5, 0.6) is 0 Å². The average molecular weight is 338 g/mol. The van der Waals surface area contributed by atoms with Crippen molar-refractivity contribution in [1.29, 1.82) is 0 Å². The molecule has 0 atom stereocenters. The van der Waals surface area contributed by atoms with Crippen LogP contribution < -0.4 is 10.6 Å². The predicted molar refractivity (Wildman–Crippen MR) is 99.5 cm³/mol. The van der Waals surface area contributed by atoms with Crippen molar-refractivity contribution in [2.24, 2.45) is 10.9 Å². The number of hydrogen-bond donors (Lipinski definition) is 2. The molecule has 0 aromatic carbocycles. The predicted octanol–water partition coefficient (Wildman–Crippen LogP) is 3.40. The summed E-state index contributed by atoms with van der Waals surface area (Å²) in [5.41, 5.74) is 0.0733. The molecule has 1 aliphatic rings. The van der Waals surface area contributed by atoms with Crippen LogP contribution in [0.1, 0.15) is 44.9 Å². The van der Waals surface area contributed by atoms with Crippen molar-refractivity contribution >= 4 is 17.3 Å². The lowest BCUT2D eigenvalue weighted by atomic mass is 9.92. The Hall–Kier alpha value is -1.07. The van der Waals surface area contributed by atoms with E-state index >= 15 is 0 Å². The summed E-state index contributed by atoms with van der Waals surface area (Å²) >= 11 is 1.80. The largest absolute Gasteiger partial charge is 0.381 e. The van der Waals surface area contributed by atoms with E-state index in [4.69, 9.17) is 9.73 Å². The van der Waals surface area contributed by atoms with Crippen LogP contribution in [0, 0.1) is 5.92 Å². The first-order valence-corrected chi connectivity index (χ1v) is 9.63. The maximum atomic E-state index is 5.66. The number of aliphatic imine (C=N–C) groups is 1. The van der Waals surface area contributed by atoms with Gasteiger partial charge in [0.1, 0.15) is 0 Å². The van der Waals surface area contributed by atoms with Gasteiger partial charge in [-0.15, -0.1) is 11.3 Å². The van der Waals surface area contributed by atoms with E-state index in [1.54, 1.807) is 11.3 Å². The van der Waals surface area contributed by atoms with Gasteiger partial charge in [0.05, 0.1) is 6.54 Å². The Morgan fingerprint density at radius 3 is 2.87 bits per heavy atom. The molecule has 23 heavy (non-hydrogen) atoms. The van der Waals surface area contributed by atoms with Crippen LogP contribution in [0.15, 0.2) is 22.5 Å². The fraction of sp³-hybridized carbons (Fsp3) is 0.722. The molecular weight excluding hydrogens is 306 g/mol. The molecular formula is C18H31N3OS. The Labute approximate surface area is 144 Å². The molecule has 1 aliphatic carbocycles. The highest BCUT2D eigenvalue weighted by atomic mass is 32.1. The van der Waals surface area contributed by atoms with Gasteiger partial charge in [-0.1, -0.05) is 19.9 Å². The number of nitrogens with one attached hydrogen (secondary N) is 2. The minimum Gasteiger partial charge on any atom is -0.381 e. The molecule has 1 aromatic rings. The quantitative estimate of drug-likeness (QED) is 0.391. The summed E-state index contributed by atoms with van der Waals surface area (Å²) in [7, 11) is 0. The first-order chi connectivity index (χ1) is 11.1. The van der Waals surface area contributed by atoms with Crippen LogP contribution in [-0.2, 0) is 10.2 Å². The molecule has 2 rings (SSSR count). The standard InChI is InChI=1S/C18H31N3OS/c1-4-19-17(20-10-6-11-22-13-15-8-9-15)21-14-18(2,3)16-7-5-12-23-16/h5,7,12,15H,4,6,8-11,13-14H2,1-3H3,(H2,19,20,21). The van der Waals surface area contributed by atoms with Crippen LogP contribution in [0.4, 0.5) is 0 Å². The zero-order valence-electron chi connectivity index (χ0n) is 14.7.